The molecule has 10 heteroatoms. The zero-order valence-electron chi connectivity index (χ0n) is 24.7. The van der Waals surface area contributed by atoms with E-state index in [2.05, 4.69) is 10.2 Å². The van der Waals surface area contributed by atoms with Crippen LogP contribution in [0.1, 0.15) is 30.4 Å². The molecule has 1 N–H and O–H groups in total. The summed E-state index contributed by atoms with van der Waals surface area (Å²) in [5.41, 5.74) is 2.93. The molecule has 3 amide bonds. The number of benzene rings is 3. The van der Waals surface area contributed by atoms with Gasteiger partial charge in [-0.05, 0) is 73.7 Å². The van der Waals surface area contributed by atoms with Gasteiger partial charge in [-0.3, -0.25) is 19.3 Å². The van der Waals surface area contributed by atoms with Gasteiger partial charge in [-0.15, -0.1) is 0 Å². The van der Waals surface area contributed by atoms with Gasteiger partial charge in [-0.1, -0.05) is 66.2 Å². The van der Waals surface area contributed by atoms with E-state index in [1.165, 1.54) is 14.2 Å². The largest absolute Gasteiger partial charge is 0.468 e. The number of amides is 3. The fourth-order valence-electron chi connectivity index (χ4n) is 5.19. The molecular formula is C33H39ClN4O5. The highest BCUT2D eigenvalue weighted by molar-refractivity contribution is 6.33. The van der Waals surface area contributed by atoms with Crippen molar-refractivity contribution in [3.05, 3.63) is 95.0 Å². The molecule has 228 valence electrons. The fraction of sp³-hybridized carbons (Fsp3) is 0.364. The van der Waals surface area contributed by atoms with Crippen LogP contribution in [0.15, 0.2) is 78.9 Å². The number of anilines is 2. The second-order valence-corrected chi connectivity index (χ2v) is 11.0. The zero-order chi connectivity index (χ0) is 30.6. The van der Waals surface area contributed by atoms with Gasteiger partial charge in [-0.25, -0.2) is 4.79 Å². The van der Waals surface area contributed by atoms with Crippen LogP contribution in [-0.4, -0.2) is 68.1 Å². The van der Waals surface area contributed by atoms with Gasteiger partial charge in [0, 0.05) is 18.8 Å². The van der Waals surface area contributed by atoms with Crippen LogP contribution in [0.2, 0.25) is 5.02 Å². The molecule has 1 heterocycles. The molecular weight excluding hydrogens is 568 g/mol. The third-order valence-electron chi connectivity index (χ3n) is 7.66. The number of likely N-dealkylation sites (tertiary alicyclic amines) is 1. The summed E-state index contributed by atoms with van der Waals surface area (Å²) in [5.74, 6) is 0.343. The first-order valence-electron chi connectivity index (χ1n) is 14.5. The van der Waals surface area contributed by atoms with Crippen molar-refractivity contribution in [2.45, 2.75) is 32.2 Å². The minimum absolute atomic E-state index is 0.0491. The van der Waals surface area contributed by atoms with Gasteiger partial charge in [-0.2, -0.15) is 5.06 Å². The third kappa shape index (κ3) is 9.54. The van der Waals surface area contributed by atoms with Gasteiger partial charge in [0.1, 0.15) is 0 Å². The average Bonchev–Trinajstić information content (AvgIpc) is 3.02. The van der Waals surface area contributed by atoms with E-state index in [0.29, 0.717) is 41.9 Å². The third-order valence-corrected chi connectivity index (χ3v) is 7.98. The summed E-state index contributed by atoms with van der Waals surface area (Å²) in [6.45, 7) is 3.25. The lowest BCUT2D eigenvalue weighted by molar-refractivity contribution is -0.142. The van der Waals surface area contributed by atoms with E-state index in [1.807, 2.05) is 47.4 Å². The van der Waals surface area contributed by atoms with Crippen LogP contribution in [-0.2, 0) is 32.1 Å². The van der Waals surface area contributed by atoms with Gasteiger partial charge >= 0.3 is 12.0 Å². The lowest BCUT2D eigenvalue weighted by Gasteiger charge is -2.32. The summed E-state index contributed by atoms with van der Waals surface area (Å²) < 4.78 is 4.79. The molecule has 3 aromatic carbocycles. The predicted octanol–water partition coefficient (Wildman–Crippen LogP) is 5.79. The molecule has 0 aliphatic carbocycles. The van der Waals surface area contributed by atoms with Crippen molar-refractivity contribution in [1.82, 2.24) is 9.80 Å². The molecule has 0 aromatic heterocycles. The molecule has 0 bridgehead atoms. The maximum Gasteiger partial charge on any atom is 0.350 e. The highest BCUT2D eigenvalue weighted by Crippen LogP contribution is 2.26. The second kappa shape index (κ2) is 16.1. The van der Waals surface area contributed by atoms with Crippen LogP contribution in [0.3, 0.4) is 0 Å². The molecule has 1 saturated heterocycles. The number of piperidine rings is 1. The summed E-state index contributed by atoms with van der Waals surface area (Å²) >= 11 is 6.23. The maximum absolute atomic E-state index is 13.5. The van der Waals surface area contributed by atoms with Crippen LogP contribution < -0.4 is 10.4 Å². The second-order valence-electron chi connectivity index (χ2n) is 10.6. The van der Waals surface area contributed by atoms with Crippen LogP contribution >= 0.6 is 11.6 Å². The number of nitrogens with zero attached hydrogens (tertiary/aromatic N) is 3. The number of hydrogen-bond donors (Lipinski definition) is 1. The maximum atomic E-state index is 13.5. The Labute approximate surface area is 258 Å². The van der Waals surface area contributed by atoms with Crippen LogP contribution in [0.4, 0.5) is 16.2 Å². The van der Waals surface area contributed by atoms with Crippen molar-refractivity contribution in [2.75, 3.05) is 50.8 Å². The first-order chi connectivity index (χ1) is 20.9. The molecule has 0 atom stereocenters. The number of hydrogen-bond acceptors (Lipinski definition) is 6. The van der Waals surface area contributed by atoms with Crippen LogP contribution in [0, 0.1) is 5.92 Å². The molecule has 0 saturated carbocycles. The molecule has 9 nitrogen and oxygen atoms in total. The normalized spacial score (nSPS) is 13.7. The van der Waals surface area contributed by atoms with E-state index in [9.17, 15) is 14.4 Å². The molecule has 1 aliphatic rings. The predicted molar refractivity (Wildman–Crippen MR) is 168 cm³/mol. The van der Waals surface area contributed by atoms with E-state index in [-0.39, 0.29) is 18.3 Å². The van der Waals surface area contributed by atoms with E-state index in [0.717, 1.165) is 48.5 Å². The first-order valence-corrected chi connectivity index (χ1v) is 14.8. The van der Waals surface area contributed by atoms with Crippen LogP contribution in [0.25, 0.3) is 0 Å². The number of methoxy groups -OCH3 is 1. The van der Waals surface area contributed by atoms with Gasteiger partial charge in [0.2, 0.25) is 5.91 Å². The SMILES string of the molecule is COC(=O)CN1CCC(CCN(Cc2ccccc2)C(=O)Cc2ccc(NC(=O)N(OC)c3ccccc3Cl)cc2)CC1. The van der Waals surface area contributed by atoms with Crippen LogP contribution in [0.5, 0.6) is 0 Å². The Bertz CT molecular complexity index is 1350. The molecule has 0 unspecified atom stereocenters. The van der Waals surface area contributed by atoms with E-state index < -0.39 is 6.03 Å². The molecule has 43 heavy (non-hydrogen) atoms. The topological polar surface area (TPSA) is 91.4 Å². The minimum Gasteiger partial charge on any atom is -0.468 e. The van der Waals surface area contributed by atoms with Crippen molar-refractivity contribution < 1.29 is 24.0 Å². The van der Waals surface area contributed by atoms with Crippen molar-refractivity contribution in [3.8, 4) is 0 Å². The van der Waals surface area contributed by atoms with Gasteiger partial charge < -0.3 is 15.0 Å². The molecule has 0 radical (unpaired) electrons. The molecule has 4 rings (SSSR count). The van der Waals surface area contributed by atoms with Gasteiger partial charge in [0.05, 0.1) is 37.9 Å². The van der Waals surface area contributed by atoms with Gasteiger partial charge in [0.25, 0.3) is 0 Å². The lowest BCUT2D eigenvalue weighted by atomic mass is 9.93. The highest BCUT2D eigenvalue weighted by atomic mass is 35.5. The Hall–Kier alpha value is -3.92. The summed E-state index contributed by atoms with van der Waals surface area (Å²) in [5, 5.41) is 4.28. The zero-order valence-corrected chi connectivity index (χ0v) is 25.5. The Balaban J connectivity index is 1.34. The number of carbonyl (C=O) groups is 3. The highest BCUT2D eigenvalue weighted by Gasteiger charge is 2.23. The number of halogens is 1. The molecule has 1 fully saturated rings. The number of rotatable bonds is 12. The number of hydroxylamine groups is 1. The van der Waals surface area contributed by atoms with E-state index in [4.69, 9.17) is 21.2 Å². The monoisotopic (exact) mass is 606 g/mol. The van der Waals surface area contributed by atoms with E-state index >= 15 is 0 Å². The molecule has 3 aromatic rings. The summed E-state index contributed by atoms with van der Waals surface area (Å²) in [6.07, 6.45) is 3.16. The Morgan fingerprint density at radius 1 is 0.907 bits per heavy atom. The molecule has 0 spiro atoms. The number of urea groups is 1. The molecule has 1 aliphatic heterocycles. The lowest BCUT2D eigenvalue weighted by Crippen LogP contribution is -2.39. The van der Waals surface area contributed by atoms with Crippen molar-refractivity contribution in [2.24, 2.45) is 5.92 Å². The standard InChI is InChI=1S/C33H39ClN4O5/c1-42-32(40)24-36-19-16-25(17-20-36)18-21-37(23-27-8-4-3-5-9-27)31(39)22-26-12-14-28(15-13-26)35-33(41)38(43-2)30-11-7-6-10-29(30)34/h3-15,25H,16-24H2,1-2H3,(H,35,41). The van der Waals surface area contributed by atoms with Crippen molar-refractivity contribution in [3.63, 3.8) is 0 Å². The number of ether oxygens (including phenoxy) is 1. The summed E-state index contributed by atoms with van der Waals surface area (Å²) in [7, 11) is 2.81. The quantitative estimate of drug-likeness (QED) is 0.207. The Kier molecular flexibility index (Phi) is 12.0. The number of nitrogens with one attached hydrogen (secondary N) is 1. The Morgan fingerprint density at radius 2 is 1.58 bits per heavy atom. The van der Waals surface area contributed by atoms with Crippen molar-refractivity contribution in [1.29, 1.82) is 0 Å². The number of carbonyl (C=O) groups excluding carboxylic acids is 3. The first kappa shape index (κ1) is 32.0. The minimum atomic E-state index is -0.496. The fourth-order valence-corrected chi connectivity index (χ4v) is 5.40. The van der Waals surface area contributed by atoms with E-state index in [1.54, 1.807) is 36.4 Å². The summed E-state index contributed by atoms with van der Waals surface area (Å²) in [4.78, 5) is 47.3. The summed E-state index contributed by atoms with van der Waals surface area (Å²) in [6, 6.07) is 23.7. The van der Waals surface area contributed by atoms with Crippen molar-refractivity contribution >= 4 is 40.9 Å². The average molecular weight is 607 g/mol. The number of esters is 1. The smallest absolute Gasteiger partial charge is 0.350 e. The van der Waals surface area contributed by atoms with Gasteiger partial charge in [0.15, 0.2) is 0 Å². The Morgan fingerprint density at radius 3 is 2.23 bits per heavy atom. The number of para-hydroxylation sites is 1.